The molecular weight excluding hydrogens is 212 g/mol. The molecule has 0 aliphatic heterocycles. The van der Waals surface area contributed by atoms with Crippen LogP contribution < -0.4 is 10.6 Å². The second-order valence-electron chi connectivity index (χ2n) is 5.15. The molecule has 0 spiro atoms. The van der Waals surface area contributed by atoms with Crippen molar-refractivity contribution in [2.45, 2.75) is 52.0 Å². The Morgan fingerprint density at radius 1 is 1.24 bits per heavy atom. The Hall–Kier alpha value is -1.32. The molecule has 0 aromatic carbocycles. The summed E-state index contributed by atoms with van der Waals surface area (Å²) in [4.78, 5) is 9.16. The van der Waals surface area contributed by atoms with Crippen molar-refractivity contribution >= 4 is 11.6 Å². The zero-order chi connectivity index (χ0) is 12.5. The summed E-state index contributed by atoms with van der Waals surface area (Å²) in [6.45, 7) is 6.46. The van der Waals surface area contributed by atoms with E-state index in [2.05, 4.69) is 41.4 Å². The van der Waals surface area contributed by atoms with Gasteiger partial charge in [-0.2, -0.15) is 0 Å². The van der Waals surface area contributed by atoms with Gasteiger partial charge in [-0.3, -0.25) is 0 Å². The van der Waals surface area contributed by atoms with Crippen LogP contribution >= 0.6 is 0 Å². The molecule has 1 aliphatic carbocycles. The van der Waals surface area contributed by atoms with Gasteiger partial charge in [0.2, 0.25) is 0 Å². The molecule has 1 heterocycles. The molecule has 4 heteroatoms. The number of nitrogens with zero attached hydrogens (tertiary/aromatic N) is 2. The number of hydrogen-bond acceptors (Lipinski definition) is 4. The molecule has 0 bridgehead atoms. The van der Waals surface area contributed by atoms with E-state index in [1.807, 2.05) is 7.05 Å². The Morgan fingerprint density at radius 2 is 1.88 bits per heavy atom. The first-order chi connectivity index (χ1) is 8.08. The van der Waals surface area contributed by atoms with E-state index in [0.29, 0.717) is 0 Å². The zero-order valence-electron chi connectivity index (χ0n) is 11.2. The predicted molar refractivity (Wildman–Crippen MR) is 71.6 cm³/mol. The van der Waals surface area contributed by atoms with Crippen molar-refractivity contribution in [2.24, 2.45) is 0 Å². The quantitative estimate of drug-likeness (QED) is 0.822. The van der Waals surface area contributed by atoms with Crippen molar-refractivity contribution < 1.29 is 0 Å². The van der Waals surface area contributed by atoms with Crippen LogP contribution in [0, 0.1) is 6.92 Å². The van der Waals surface area contributed by atoms with Crippen LogP contribution in [0.15, 0.2) is 0 Å². The Labute approximate surface area is 103 Å². The molecule has 2 rings (SSSR count). The average molecular weight is 234 g/mol. The average Bonchev–Trinajstić information content (AvgIpc) is 3.01. The van der Waals surface area contributed by atoms with Gasteiger partial charge >= 0.3 is 0 Å². The topological polar surface area (TPSA) is 49.8 Å². The fraction of sp³-hybridized carbons (Fsp3) is 0.692. The third-order valence-corrected chi connectivity index (χ3v) is 3.32. The van der Waals surface area contributed by atoms with Crippen LogP contribution in [0.5, 0.6) is 0 Å². The lowest BCUT2D eigenvalue weighted by atomic mass is 10.2. The van der Waals surface area contributed by atoms with Gasteiger partial charge in [0.25, 0.3) is 0 Å². The third kappa shape index (κ3) is 2.68. The van der Waals surface area contributed by atoms with Crippen molar-refractivity contribution in [1.29, 1.82) is 0 Å². The first-order valence-electron chi connectivity index (χ1n) is 6.41. The highest BCUT2D eigenvalue weighted by Crippen LogP contribution is 2.38. The van der Waals surface area contributed by atoms with E-state index in [4.69, 9.17) is 0 Å². The number of aromatic nitrogens is 2. The molecule has 0 radical (unpaired) electrons. The fourth-order valence-corrected chi connectivity index (χ4v) is 1.86. The van der Waals surface area contributed by atoms with E-state index in [9.17, 15) is 0 Å². The first kappa shape index (κ1) is 12.1. The van der Waals surface area contributed by atoms with Crippen LogP contribution in [0.1, 0.15) is 44.5 Å². The van der Waals surface area contributed by atoms with E-state index in [-0.39, 0.29) is 5.54 Å². The highest BCUT2D eigenvalue weighted by molar-refractivity contribution is 5.58. The Kier molecular flexibility index (Phi) is 3.22. The number of rotatable bonds is 5. The molecule has 1 saturated carbocycles. The minimum Gasteiger partial charge on any atom is -0.373 e. The van der Waals surface area contributed by atoms with E-state index in [1.54, 1.807) is 0 Å². The lowest BCUT2D eigenvalue weighted by Crippen LogP contribution is -2.19. The van der Waals surface area contributed by atoms with Crippen LogP contribution in [-0.4, -0.2) is 22.6 Å². The van der Waals surface area contributed by atoms with Crippen LogP contribution in [0.2, 0.25) is 0 Å². The van der Waals surface area contributed by atoms with Crippen LogP contribution in [0.25, 0.3) is 0 Å². The van der Waals surface area contributed by atoms with Crippen molar-refractivity contribution in [2.75, 3.05) is 17.7 Å². The van der Waals surface area contributed by atoms with Crippen molar-refractivity contribution in [3.8, 4) is 0 Å². The lowest BCUT2D eigenvalue weighted by molar-refractivity contribution is 0.794. The smallest absolute Gasteiger partial charge is 0.135 e. The zero-order valence-corrected chi connectivity index (χ0v) is 11.2. The maximum Gasteiger partial charge on any atom is 0.135 e. The maximum absolute atomic E-state index is 4.63. The number of anilines is 2. The van der Waals surface area contributed by atoms with Crippen LogP contribution in [0.3, 0.4) is 0 Å². The molecule has 1 aromatic rings. The molecule has 0 saturated heterocycles. The summed E-state index contributed by atoms with van der Waals surface area (Å²) in [5, 5.41) is 6.69. The van der Waals surface area contributed by atoms with Gasteiger partial charge in [0.15, 0.2) is 0 Å². The van der Waals surface area contributed by atoms with E-state index < -0.39 is 0 Å². The first-order valence-corrected chi connectivity index (χ1v) is 6.41. The number of hydrogen-bond donors (Lipinski definition) is 2. The normalized spacial score (nSPS) is 16.7. The molecule has 1 aliphatic rings. The molecular formula is C13H22N4. The maximum atomic E-state index is 4.63. The number of aryl methyl sites for hydroxylation is 1. The highest BCUT2D eigenvalue weighted by Gasteiger charge is 2.38. The molecule has 0 unspecified atom stereocenters. The van der Waals surface area contributed by atoms with Crippen molar-refractivity contribution in [1.82, 2.24) is 9.97 Å². The summed E-state index contributed by atoms with van der Waals surface area (Å²) in [6.07, 6.45) is 4.46. The molecule has 0 atom stereocenters. The molecule has 1 fully saturated rings. The van der Waals surface area contributed by atoms with Gasteiger partial charge in [0.1, 0.15) is 17.5 Å². The van der Waals surface area contributed by atoms with Gasteiger partial charge in [0.05, 0.1) is 0 Å². The van der Waals surface area contributed by atoms with Gasteiger partial charge in [-0.05, 0) is 33.1 Å². The van der Waals surface area contributed by atoms with Gasteiger partial charge in [-0.25, -0.2) is 9.97 Å². The number of nitrogens with one attached hydrogen (secondary N) is 2. The SMILES string of the molecule is CCCc1nc(NC)c(C)c(NC2(C)CC2)n1. The molecule has 0 amide bonds. The molecule has 1 aromatic heterocycles. The van der Waals surface area contributed by atoms with Crippen molar-refractivity contribution in [3.05, 3.63) is 11.4 Å². The van der Waals surface area contributed by atoms with Crippen LogP contribution in [0.4, 0.5) is 11.6 Å². The minimum absolute atomic E-state index is 0.258. The van der Waals surface area contributed by atoms with Gasteiger partial charge < -0.3 is 10.6 Å². The van der Waals surface area contributed by atoms with Gasteiger partial charge in [-0.1, -0.05) is 6.92 Å². The molecule has 2 N–H and O–H groups in total. The second-order valence-corrected chi connectivity index (χ2v) is 5.15. The Balaban J connectivity index is 2.30. The lowest BCUT2D eigenvalue weighted by Gasteiger charge is -2.17. The van der Waals surface area contributed by atoms with Crippen LogP contribution in [-0.2, 0) is 6.42 Å². The molecule has 4 nitrogen and oxygen atoms in total. The van der Waals surface area contributed by atoms with E-state index >= 15 is 0 Å². The summed E-state index contributed by atoms with van der Waals surface area (Å²) in [7, 11) is 1.91. The standard InChI is InChI=1S/C13H22N4/c1-5-6-10-15-11(14-4)9(2)12(16-10)17-13(3)7-8-13/h5-8H2,1-4H3,(H2,14,15,16,17). The molecule has 94 valence electrons. The van der Waals surface area contributed by atoms with E-state index in [0.717, 1.165) is 35.9 Å². The summed E-state index contributed by atoms with van der Waals surface area (Å²) >= 11 is 0. The third-order valence-electron chi connectivity index (χ3n) is 3.32. The monoisotopic (exact) mass is 234 g/mol. The van der Waals surface area contributed by atoms with Crippen molar-refractivity contribution in [3.63, 3.8) is 0 Å². The summed E-state index contributed by atoms with van der Waals surface area (Å²) in [6, 6.07) is 0. The summed E-state index contributed by atoms with van der Waals surface area (Å²) < 4.78 is 0. The minimum atomic E-state index is 0.258. The van der Waals surface area contributed by atoms with Gasteiger partial charge in [0, 0.05) is 24.6 Å². The summed E-state index contributed by atoms with van der Waals surface area (Å²) in [5.74, 6) is 2.86. The largest absolute Gasteiger partial charge is 0.373 e. The Morgan fingerprint density at radius 3 is 2.41 bits per heavy atom. The second kappa shape index (κ2) is 4.51. The highest BCUT2D eigenvalue weighted by atomic mass is 15.1. The Bertz CT molecular complexity index is 410. The fourth-order valence-electron chi connectivity index (χ4n) is 1.86. The predicted octanol–water partition coefficient (Wildman–Crippen LogP) is 2.74. The molecule has 17 heavy (non-hydrogen) atoms. The summed E-state index contributed by atoms with van der Waals surface area (Å²) in [5.41, 5.74) is 1.37. The van der Waals surface area contributed by atoms with E-state index in [1.165, 1.54) is 12.8 Å². The van der Waals surface area contributed by atoms with Gasteiger partial charge in [-0.15, -0.1) is 0 Å².